The summed E-state index contributed by atoms with van der Waals surface area (Å²) in [5, 5.41) is 4.33. The van der Waals surface area contributed by atoms with Gasteiger partial charge in [-0.05, 0) is 32.7 Å². The molecule has 3 heterocycles. The molecule has 10 heteroatoms. The summed E-state index contributed by atoms with van der Waals surface area (Å²) in [6.45, 7) is 3.59. The first-order valence-corrected chi connectivity index (χ1v) is 8.64. The number of hydroxylamine groups is 3. The Balaban J connectivity index is 1.51. The molecule has 25 heavy (non-hydrogen) atoms. The Morgan fingerprint density at radius 1 is 1.32 bits per heavy atom. The Labute approximate surface area is 145 Å². The Hall–Kier alpha value is -1.91. The van der Waals surface area contributed by atoms with Crippen LogP contribution >= 0.6 is 0 Å². The summed E-state index contributed by atoms with van der Waals surface area (Å²) < 4.78 is 4.79. The van der Waals surface area contributed by atoms with Gasteiger partial charge in [-0.15, -0.1) is 0 Å². The quantitative estimate of drug-likeness (QED) is 0.452. The third-order valence-electron chi connectivity index (χ3n) is 4.59. The van der Waals surface area contributed by atoms with Crippen molar-refractivity contribution in [2.75, 3.05) is 32.8 Å². The van der Waals surface area contributed by atoms with Crippen molar-refractivity contribution in [3.05, 3.63) is 0 Å². The molecule has 3 amide bonds. The molecule has 0 spiro atoms. The van der Waals surface area contributed by atoms with E-state index in [0.717, 1.165) is 13.0 Å². The van der Waals surface area contributed by atoms with Gasteiger partial charge in [0.25, 0.3) is 5.91 Å². The maximum atomic E-state index is 12.5. The number of amides is 3. The van der Waals surface area contributed by atoms with Crippen LogP contribution in [-0.4, -0.2) is 78.9 Å². The number of piperidine rings is 1. The average molecular weight is 356 g/mol. The molecule has 3 atom stereocenters. The van der Waals surface area contributed by atoms with Crippen LogP contribution in [0.5, 0.6) is 0 Å². The topological polar surface area (TPSA) is 109 Å². The molecule has 0 aliphatic carbocycles. The number of hydrogen-bond donors (Lipinski definition) is 2. The molecule has 3 aliphatic heterocycles. The minimum atomic E-state index is -0.589. The number of nitrogens with one attached hydrogen (secondary N) is 2. The highest BCUT2D eigenvalue weighted by Gasteiger charge is 2.48. The number of urea groups is 1. The van der Waals surface area contributed by atoms with Crippen molar-refractivity contribution in [2.45, 2.75) is 44.4 Å². The smallest absolute Gasteiger partial charge is 0.345 e. The van der Waals surface area contributed by atoms with E-state index in [9.17, 15) is 14.4 Å². The minimum Gasteiger partial charge on any atom is -0.464 e. The SMILES string of the molecule is CCOC(=O)CON1C(=O)N2C[C@H]1CC[C@H]2C(=O)NO[C@@H]1CCNC1. The maximum absolute atomic E-state index is 12.5. The van der Waals surface area contributed by atoms with Crippen LogP contribution in [0.3, 0.4) is 0 Å². The zero-order valence-electron chi connectivity index (χ0n) is 14.2. The first kappa shape index (κ1) is 17.9. The first-order chi connectivity index (χ1) is 12.1. The third kappa shape index (κ3) is 4.02. The van der Waals surface area contributed by atoms with Crippen LogP contribution in [-0.2, 0) is 24.0 Å². The van der Waals surface area contributed by atoms with E-state index in [0.29, 0.717) is 25.9 Å². The van der Waals surface area contributed by atoms with Crippen LogP contribution in [0.25, 0.3) is 0 Å². The van der Waals surface area contributed by atoms with E-state index in [1.165, 1.54) is 9.96 Å². The molecule has 2 N–H and O–H groups in total. The second-order valence-corrected chi connectivity index (χ2v) is 6.29. The summed E-state index contributed by atoms with van der Waals surface area (Å²) >= 11 is 0. The van der Waals surface area contributed by atoms with Gasteiger partial charge in [0.05, 0.1) is 18.8 Å². The van der Waals surface area contributed by atoms with Gasteiger partial charge in [0.2, 0.25) is 0 Å². The number of esters is 1. The lowest BCUT2D eigenvalue weighted by molar-refractivity contribution is -0.172. The first-order valence-electron chi connectivity index (χ1n) is 8.64. The molecule has 3 aliphatic rings. The summed E-state index contributed by atoms with van der Waals surface area (Å²) in [5.74, 6) is -0.856. The molecular formula is C15H24N4O6. The van der Waals surface area contributed by atoms with Gasteiger partial charge in [-0.3, -0.25) is 14.5 Å². The number of hydrogen-bond acceptors (Lipinski definition) is 7. The fourth-order valence-electron chi connectivity index (χ4n) is 3.33. The molecule has 0 saturated carbocycles. The Kier molecular flexibility index (Phi) is 5.71. The van der Waals surface area contributed by atoms with E-state index in [2.05, 4.69) is 10.8 Å². The summed E-state index contributed by atoms with van der Waals surface area (Å²) in [6.07, 6.45) is 1.94. The van der Waals surface area contributed by atoms with Gasteiger partial charge in [-0.25, -0.2) is 15.1 Å². The largest absolute Gasteiger partial charge is 0.464 e. The van der Waals surface area contributed by atoms with Crippen LogP contribution in [0.2, 0.25) is 0 Å². The highest BCUT2D eigenvalue weighted by atomic mass is 16.7. The summed E-state index contributed by atoms with van der Waals surface area (Å²) in [4.78, 5) is 48.4. The van der Waals surface area contributed by atoms with Crippen molar-refractivity contribution >= 4 is 17.9 Å². The minimum absolute atomic E-state index is 0.0426. The molecule has 0 aromatic carbocycles. The second-order valence-electron chi connectivity index (χ2n) is 6.29. The number of rotatable bonds is 7. The molecule has 2 bridgehead atoms. The van der Waals surface area contributed by atoms with Crippen molar-refractivity contribution in [3.63, 3.8) is 0 Å². The van der Waals surface area contributed by atoms with Gasteiger partial charge in [0.1, 0.15) is 6.04 Å². The third-order valence-corrected chi connectivity index (χ3v) is 4.59. The molecule has 10 nitrogen and oxygen atoms in total. The number of ether oxygens (including phenoxy) is 1. The van der Waals surface area contributed by atoms with E-state index in [1.54, 1.807) is 6.92 Å². The van der Waals surface area contributed by atoms with Crippen molar-refractivity contribution in [2.24, 2.45) is 0 Å². The van der Waals surface area contributed by atoms with E-state index >= 15 is 0 Å². The Morgan fingerprint density at radius 2 is 2.16 bits per heavy atom. The van der Waals surface area contributed by atoms with Crippen molar-refractivity contribution in [3.8, 4) is 0 Å². The molecule has 3 rings (SSSR count). The van der Waals surface area contributed by atoms with E-state index in [4.69, 9.17) is 14.4 Å². The normalized spacial score (nSPS) is 28.4. The molecule has 0 radical (unpaired) electrons. The van der Waals surface area contributed by atoms with E-state index in [-0.39, 0.29) is 31.3 Å². The molecule has 0 aromatic heterocycles. The average Bonchev–Trinajstić information content (AvgIpc) is 3.20. The molecule has 3 saturated heterocycles. The van der Waals surface area contributed by atoms with Gasteiger partial charge in [-0.1, -0.05) is 0 Å². The van der Waals surface area contributed by atoms with E-state index < -0.39 is 18.0 Å². The van der Waals surface area contributed by atoms with Crippen LogP contribution in [0.4, 0.5) is 4.79 Å². The summed E-state index contributed by atoms with van der Waals surface area (Å²) in [7, 11) is 0. The van der Waals surface area contributed by atoms with Gasteiger partial charge in [0.15, 0.2) is 6.61 Å². The standard InChI is InChI=1S/C15H24N4O6/c1-2-23-13(20)9-24-19-10-3-4-12(18(8-10)15(19)22)14(21)17-25-11-5-6-16-7-11/h10-12,16H,2-9H2,1H3,(H,17,21)/t10-,11-,12+/m1/s1. The fraction of sp³-hybridized carbons (Fsp3) is 0.800. The van der Waals surface area contributed by atoms with E-state index in [1.807, 2.05) is 0 Å². The van der Waals surface area contributed by atoms with Crippen LogP contribution in [0.15, 0.2) is 0 Å². The van der Waals surface area contributed by atoms with Gasteiger partial charge >= 0.3 is 12.0 Å². The second kappa shape index (κ2) is 7.98. The molecule has 140 valence electrons. The van der Waals surface area contributed by atoms with Crippen LogP contribution in [0, 0.1) is 0 Å². The van der Waals surface area contributed by atoms with Crippen molar-refractivity contribution in [1.29, 1.82) is 0 Å². The number of nitrogens with zero attached hydrogens (tertiary/aromatic N) is 2. The number of carbonyl (C=O) groups is 3. The number of carbonyl (C=O) groups excluding carboxylic acids is 3. The van der Waals surface area contributed by atoms with Crippen LogP contribution < -0.4 is 10.8 Å². The monoisotopic (exact) mass is 356 g/mol. The van der Waals surface area contributed by atoms with Crippen molar-refractivity contribution in [1.82, 2.24) is 20.8 Å². The molecule has 3 fully saturated rings. The Morgan fingerprint density at radius 3 is 2.88 bits per heavy atom. The summed E-state index contributed by atoms with van der Waals surface area (Å²) in [5.41, 5.74) is 2.47. The predicted molar refractivity (Wildman–Crippen MR) is 83.8 cm³/mol. The van der Waals surface area contributed by atoms with Gasteiger partial charge in [-0.2, -0.15) is 5.06 Å². The Bertz CT molecular complexity index is 524. The summed E-state index contributed by atoms with van der Waals surface area (Å²) in [6, 6.07) is -1.16. The fourth-order valence-corrected chi connectivity index (χ4v) is 3.33. The maximum Gasteiger partial charge on any atom is 0.345 e. The zero-order chi connectivity index (χ0) is 17.8. The van der Waals surface area contributed by atoms with Gasteiger partial charge < -0.3 is 15.0 Å². The molecule has 0 unspecified atom stereocenters. The molecule has 0 aromatic rings. The highest BCUT2D eigenvalue weighted by Crippen LogP contribution is 2.30. The predicted octanol–water partition coefficient (Wildman–Crippen LogP) is -0.841. The van der Waals surface area contributed by atoms with Crippen molar-refractivity contribution < 1.29 is 28.8 Å². The number of fused-ring (bicyclic) bond motifs is 2. The molecular weight excluding hydrogens is 332 g/mol. The lowest BCUT2D eigenvalue weighted by Gasteiger charge is -2.29. The van der Waals surface area contributed by atoms with Gasteiger partial charge in [0, 0.05) is 13.1 Å². The zero-order valence-corrected chi connectivity index (χ0v) is 14.2. The van der Waals surface area contributed by atoms with Crippen LogP contribution in [0.1, 0.15) is 26.2 Å². The lowest BCUT2D eigenvalue weighted by Crippen LogP contribution is -2.50. The lowest BCUT2D eigenvalue weighted by atomic mass is 10.0. The highest BCUT2D eigenvalue weighted by molar-refractivity contribution is 5.88.